The Balaban J connectivity index is 1.68. The summed E-state index contributed by atoms with van der Waals surface area (Å²) in [4.78, 5) is 18.5. The van der Waals surface area contributed by atoms with Gasteiger partial charge in [-0.15, -0.1) is 0 Å². The van der Waals surface area contributed by atoms with Crippen molar-refractivity contribution >= 4 is 5.91 Å². The highest BCUT2D eigenvalue weighted by atomic mass is 16.2. The predicted octanol–water partition coefficient (Wildman–Crippen LogP) is 1.35. The second kappa shape index (κ2) is 5.06. The maximum atomic E-state index is 12.3. The first-order valence-electron chi connectivity index (χ1n) is 6.74. The number of nitrogens with zero attached hydrogens (tertiary/aromatic N) is 2. The van der Waals surface area contributed by atoms with Gasteiger partial charge in [0.25, 0.3) is 0 Å². The standard InChI is InChI=1S/C14H19N3O/c18-14(7-11-8-16-9-11)17-6-2-4-13(17)12-3-1-5-15-10-12/h1,3,5,10-11,13,16H,2,4,6-9H2. The number of rotatable bonds is 3. The molecule has 0 radical (unpaired) electrons. The van der Waals surface area contributed by atoms with E-state index in [4.69, 9.17) is 0 Å². The molecular weight excluding hydrogens is 226 g/mol. The van der Waals surface area contributed by atoms with Gasteiger partial charge in [0.15, 0.2) is 0 Å². The molecule has 2 aliphatic rings. The third-order valence-corrected chi connectivity index (χ3v) is 3.97. The molecule has 96 valence electrons. The van der Waals surface area contributed by atoms with Crippen molar-refractivity contribution in [1.29, 1.82) is 0 Å². The first kappa shape index (κ1) is 11.7. The zero-order valence-electron chi connectivity index (χ0n) is 10.5. The van der Waals surface area contributed by atoms with E-state index < -0.39 is 0 Å². The van der Waals surface area contributed by atoms with Crippen molar-refractivity contribution in [2.45, 2.75) is 25.3 Å². The second-order valence-corrected chi connectivity index (χ2v) is 5.26. The number of likely N-dealkylation sites (tertiary alicyclic amines) is 1. The van der Waals surface area contributed by atoms with E-state index in [1.807, 2.05) is 12.3 Å². The topological polar surface area (TPSA) is 45.2 Å². The van der Waals surface area contributed by atoms with Gasteiger partial charge < -0.3 is 10.2 Å². The quantitative estimate of drug-likeness (QED) is 0.874. The monoisotopic (exact) mass is 245 g/mol. The minimum absolute atomic E-state index is 0.249. The summed E-state index contributed by atoms with van der Waals surface area (Å²) in [6.07, 6.45) is 6.55. The summed E-state index contributed by atoms with van der Waals surface area (Å²) in [6.45, 7) is 2.90. The van der Waals surface area contributed by atoms with Crippen LogP contribution >= 0.6 is 0 Å². The van der Waals surface area contributed by atoms with E-state index in [0.29, 0.717) is 18.2 Å². The van der Waals surface area contributed by atoms with Crippen molar-refractivity contribution in [2.24, 2.45) is 5.92 Å². The van der Waals surface area contributed by atoms with Crippen molar-refractivity contribution in [3.63, 3.8) is 0 Å². The number of hydrogen-bond donors (Lipinski definition) is 1. The molecule has 3 heterocycles. The Kier molecular flexibility index (Phi) is 3.28. The second-order valence-electron chi connectivity index (χ2n) is 5.26. The van der Waals surface area contributed by atoms with E-state index in [1.165, 1.54) is 5.56 Å². The highest BCUT2D eigenvalue weighted by Crippen LogP contribution is 2.32. The first-order valence-corrected chi connectivity index (χ1v) is 6.74. The van der Waals surface area contributed by atoms with Crippen LogP contribution in [0.1, 0.15) is 30.9 Å². The fourth-order valence-electron chi connectivity index (χ4n) is 2.84. The van der Waals surface area contributed by atoms with Crippen LogP contribution in [-0.4, -0.2) is 35.4 Å². The number of pyridine rings is 1. The van der Waals surface area contributed by atoms with Crippen molar-refractivity contribution in [3.05, 3.63) is 30.1 Å². The fourth-order valence-corrected chi connectivity index (χ4v) is 2.84. The Morgan fingerprint density at radius 1 is 1.50 bits per heavy atom. The molecule has 4 heteroatoms. The smallest absolute Gasteiger partial charge is 0.223 e. The number of carbonyl (C=O) groups excluding carboxylic acids is 1. The summed E-state index contributed by atoms with van der Waals surface area (Å²) in [7, 11) is 0. The van der Waals surface area contributed by atoms with Crippen LogP contribution in [0.4, 0.5) is 0 Å². The van der Waals surface area contributed by atoms with Gasteiger partial charge in [0, 0.05) is 25.4 Å². The summed E-state index contributed by atoms with van der Waals surface area (Å²) in [5, 5.41) is 3.22. The Labute approximate surface area is 107 Å². The minimum atomic E-state index is 0.249. The summed E-state index contributed by atoms with van der Waals surface area (Å²) >= 11 is 0. The molecule has 18 heavy (non-hydrogen) atoms. The molecule has 1 aromatic rings. The molecule has 0 spiro atoms. The largest absolute Gasteiger partial charge is 0.336 e. The minimum Gasteiger partial charge on any atom is -0.336 e. The third-order valence-electron chi connectivity index (χ3n) is 3.97. The van der Waals surface area contributed by atoms with Gasteiger partial charge in [0.05, 0.1) is 6.04 Å². The van der Waals surface area contributed by atoms with Crippen molar-refractivity contribution in [1.82, 2.24) is 15.2 Å². The molecule has 0 saturated carbocycles. The molecule has 1 atom stereocenters. The van der Waals surface area contributed by atoms with Crippen LogP contribution in [0, 0.1) is 5.92 Å². The van der Waals surface area contributed by atoms with Crippen LogP contribution in [0.25, 0.3) is 0 Å². The molecule has 0 bridgehead atoms. The third kappa shape index (κ3) is 2.25. The maximum Gasteiger partial charge on any atom is 0.223 e. The number of hydrogen-bond acceptors (Lipinski definition) is 3. The highest BCUT2D eigenvalue weighted by Gasteiger charge is 2.32. The van der Waals surface area contributed by atoms with Crippen LogP contribution in [0.2, 0.25) is 0 Å². The molecule has 0 aliphatic carbocycles. The van der Waals surface area contributed by atoms with E-state index in [0.717, 1.165) is 32.5 Å². The average Bonchev–Trinajstić information content (AvgIpc) is 2.84. The van der Waals surface area contributed by atoms with Gasteiger partial charge in [0.1, 0.15) is 0 Å². The lowest BCUT2D eigenvalue weighted by Crippen LogP contribution is -2.45. The summed E-state index contributed by atoms with van der Waals surface area (Å²) in [6, 6.07) is 4.28. The van der Waals surface area contributed by atoms with Crippen LogP contribution in [-0.2, 0) is 4.79 Å². The van der Waals surface area contributed by atoms with Gasteiger partial charge >= 0.3 is 0 Å². The zero-order chi connectivity index (χ0) is 12.4. The molecule has 3 rings (SSSR count). The Morgan fingerprint density at radius 2 is 2.39 bits per heavy atom. The van der Waals surface area contributed by atoms with Crippen LogP contribution in [0.5, 0.6) is 0 Å². The highest BCUT2D eigenvalue weighted by molar-refractivity contribution is 5.77. The summed E-state index contributed by atoms with van der Waals surface area (Å²) in [5.41, 5.74) is 1.18. The Hall–Kier alpha value is -1.42. The van der Waals surface area contributed by atoms with E-state index in [1.54, 1.807) is 6.20 Å². The number of carbonyl (C=O) groups is 1. The van der Waals surface area contributed by atoms with Gasteiger partial charge in [-0.2, -0.15) is 0 Å². The number of aromatic nitrogens is 1. The molecule has 1 unspecified atom stereocenters. The average molecular weight is 245 g/mol. The summed E-state index contributed by atoms with van der Waals surface area (Å²) < 4.78 is 0. The van der Waals surface area contributed by atoms with Crippen LogP contribution < -0.4 is 5.32 Å². The first-order chi connectivity index (χ1) is 8.84. The Morgan fingerprint density at radius 3 is 3.06 bits per heavy atom. The molecule has 1 N–H and O–H groups in total. The van der Waals surface area contributed by atoms with Gasteiger partial charge in [-0.1, -0.05) is 6.07 Å². The van der Waals surface area contributed by atoms with Gasteiger partial charge in [-0.3, -0.25) is 9.78 Å². The van der Waals surface area contributed by atoms with Crippen molar-refractivity contribution < 1.29 is 4.79 Å². The molecule has 2 saturated heterocycles. The molecule has 2 fully saturated rings. The lowest BCUT2D eigenvalue weighted by molar-refractivity contribution is -0.133. The van der Waals surface area contributed by atoms with E-state index in [-0.39, 0.29) is 6.04 Å². The molecule has 2 aliphatic heterocycles. The van der Waals surface area contributed by atoms with E-state index in [9.17, 15) is 4.79 Å². The Bertz CT molecular complexity index is 416. The molecule has 0 aromatic carbocycles. The summed E-state index contributed by atoms with van der Waals surface area (Å²) in [5.74, 6) is 0.862. The van der Waals surface area contributed by atoms with Crippen LogP contribution in [0.3, 0.4) is 0 Å². The normalized spacial score (nSPS) is 24.0. The fraction of sp³-hybridized carbons (Fsp3) is 0.571. The molecular formula is C14H19N3O. The van der Waals surface area contributed by atoms with Crippen molar-refractivity contribution in [3.8, 4) is 0 Å². The van der Waals surface area contributed by atoms with E-state index in [2.05, 4.69) is 21.3 Å². The number of amides is 1. The molecule has 1 amide bonds. The lowest BCUT2D eigenvalue weighted by atomic mass is 9.98. The van der Waals surface area contributed by atoms with Gasteiger partial charge in [0.2, 0.25) is 5.91 Å². The maximum absolute atomic E-state index is 12.3. The van der Waals surface area contributed by atoms with Crippen LogP contribution in [0.15, 0.2) is 24.5 Å². The van der Waals surface area contributed by atoms with E-state index >= 15 is 0 Å². The number of nitrogens with one attached hydrogen (secondary N) is 1. The lowest BCUT2D eigenvalue weighted by Gasteiger charge is -2.31. The van der Waals surface area contributed by atoms with Gasteiger partial charge in [-0.25, -0.2) is 0 Å². The molecule has 4 nitrogen and oxygen atoms in total. The van der Waals surface area contributed by atoms with Crippen molar-refractivity contribution in [2.75, 3.05) is 19.6 Å². The zero-order valence-corrected chi connectivity index (χ0v) is 10.5. The predicted molar refractivity (Wildman–Crippen MR) is 68.9 cm³/mol. The molecule has 1 aromatic heterocycles. The van der Waals surface area contributed by atoms with Gasteiger partial charge in [-0.05, 0) is 43.5 Å². The SMILES string of the molecule is O=C(CC1CNC1)N1CCCC1c1cccnc1.